The number of carbonyl (C=O) groups is 1. The number of nitrogens with zero attached hydrogens (tertiary/aromatic N) is 2. The number of hydrogen-bond acceptors (Lipinski definition) is 5. The van der Waals surface area contributed by atoms with Gasteiger partial charge in [0.2, 0.25) is 0 Å². The summed E-state index contributed by atoms with van der Waals surface area (Å²) in [6.45, 7) is 7.05. The molecule has 0 amide bonds. The Balaban J connectivity index is 2.33. The summed E-state index contributed by atoms with van der Waals surface area (Å²) in [7, 11) is 0. The molecule has 5 nitrogen and oxygen atoms in total. The Morgan fingerprint density at radius 2 is 2.13 bits per heavy atom. The summed E-state index contributed by atoms with van der Waals surface area (Å²) in [6, 6.07) is 0. The van der Waals surface area contributed by atoms with Crippen LogP contribution < -0.4 is 0 Å². The van der Waals surface area contributed by atoms with E-state index >= 15 is 0 Å². The second kappa shape index (κ2) is 6.40. The molecule has 5 heteroatoms. The van der Waals surface area contributed by atoms with Crippen molar-refractivity contribution in [1.29, 1.82) is 0 Å². The van der Waals surface area contributed by atoms with Gasteiger partial charge < -0.3 is 9.47 Å². The van der Waals surface area contributed by atoms with Crippen molar-refractivity contribution in [3.05, 3.63) is 0 Å². The van der Waals surface area contributed by atoms with Crippen LogP contribution in [-0.4, -0.2) is 49.6 Å². The van der Waals surface area contributed by atoms with Crippen LogP contribution >= 0.6 is 0 Å². The lowest BCUT2D eigenvalue weighted by atomic mass is 10.3. The molecule has 0 aromatic carbocycles. The van der Waals surface area contributed by atoms with Crippen molar-refractivity contribution >= 4 is 11.7 Å². The van der Waals surface area contributed by atoms with E-state index in [0.717, 1.165) is 18.8 Å². The highest BCUT2D eigenvalue weighted by Gasteiger charge is 2.09. The number of ether oxygens (including phenoxy) is 2. The standard InChI is InChI=1S/C10H18N2O3/c1-3-15-10(13)8-9(2)11-12-4-6-14-7-5-12/h3-8H2,1-2H3/b11-9+. The third-order valence-electron chi connectivity index (χ3n) is 2.01. The minimum absolute atomic E-state index is 0.216. The van der Waals surface area contributed by atoms with E-state index in [-0.39, 0.29) is 12.4 Å². The minimum Gasteiger partial charge on any atom is -0.466 e. The number of hydrogen-bond donors (Lipinski definition) is 0. The van der Waals surface area contributed by atoms with Crippen LogP contribution in [0.15, 0.2) is 5.10 Å². The maximum absolute atomic E-state index is 11.1. The molecule has 1 saturated heterocycles. The Morgan fingerprint density at radius 1 is 1.47 bits per heavy atom. The monoisotopic (exact) mass is 214 g/mol. The van der Waals surface area contributed by atoms with Gasteiger partial charge in [0.25, 0.3) is 0 Å². The summed E-state index contributed by atoms with van der Waals surface area (Å²) < 4.78 is 10.0. The molecule has 86 valence electrons. The number of carbonyl (C=O) groups excluding carboxylic acids is 1. The Kier molecular flexibility index (Phi) is 5.10. The largest absolute Gasteiger partial charge is 0.466 e. The van der Waals surface area contributed by atoms with Gasteiger partial charge in [-0.25, -0.2) is 0 Å². The van der Waals surface area contributed by atoms with Crippen LogP contribution in [0.3, 0.4) is 0 Å². The fourth-order valence-electron chi connectivity index (χ4n) is 1.35. The number of hydrazone groups is 1. The molecule has 1 fully saturated rings. The van der Waals surface area contributed by atoms with E-state index < -0.39 is 0 Å². The van der Waals surface area contributed by atoms with Crippen LogP contribution in [0.25, 0.3) is 0 Å². The van der Waals surface area contributed by atoms with Gasteiger partial charge in [0, 0.05) is 5.71 Å². The molecule has 0 aliphatic carbocycles. The normalized spacial score (nSPS) is 17.7. The first kappa shape index (κ1) is 12.0. The van der Waals surface area contributed by atoms with Gasteiger partial charge in [-0.2, -0.15) is 5.10 Å². The predicted molar refractivity (Wildman–Crippen MR) is 56.8 cm³/mol. The first-order valence-corrected chi connectivity index (χ1v) is 5.24. The highest BCUT2D eigenvalue weighted by atomic mass is 16.5. The van der Waals surface area contributed by atoms with Gasteiger partial charge in [-0.3, -0.25) is 9.80 Å². The lowest BCUT2D eigenvalue weighted by Gasteiger charge is -2.24. The zero-order valence-corrected chi connectivity index (χ0v) is 9.36. The SMILES string of the molecule is CCOC(=O)C/C(C)=N/N1CCOCC1. The van der Waals surface area contributed by atoms with Gasteiger partial charge in [0.05, 0.1) is 39.3 Å². The summed E-state index contributed by atoms with van der Waals surface area (Å²) in [5.74, 6) is -0.216. The zero-order valence-electron chi connectivity index (χ0n) is 9.36. The molecular formula is C10H18N2O3. The fourth-order valence-corrected chi connectivity index (χ4v) is 1.35. The lowest BCUT2D eigenvalue weighted by molar-refractivity contribution is -0.141. The Hall–Kier alpha value is -1.10. The predicted octanol–water partition coefficient (Wildman–Crippen LogP) is 0.648. The summed E-state index contributed by atoms with van der Waals surface area (Å²) in [5.41, 5.74) is 0.787. The molecule has 0 aromatic rings. The highest BCUT2D eigenvalue weighted by Crippen LogP contribution is 2.00. The fraction of sp³-hybridized carbons (Fsp3) is 0.800. The Labute approximate surface area is 90.0 Å². The van der Waals surface area contributed by atoms with Gasteiger partial charge in [-0.05, 0) is 13.8 Å². The quantitative estimate of drug-likeness (QED) is 0.509. The van der Waals surface area contributed by atoms with E-state index in [1.54, 1.807) is 6.92 Å². The Morgan fingerprint density at radius 3 is 2.73 bits per heavy atom. The van der Waals surface area contributed by atoms with Crippen molar-refractivity contribution in [2.45, 2.75) is 20.3 Å². The van der Waals surface area contributed by atoms with Gasteiger partial charge in [0.15, 0.2) is 0 Å². The molecule has 1 rings (SSSR count). The molecule has 15 heavy (non-hydrogen) atoms. The third-order valence-corrected chi connectivity index (χ3v) is 2.01. The third kappa shape index (κ3) is 4.78. The molecule has 1 heterocycles. The summed E-state index contributed by atoms with van der Waals surface area (Å²) in [4.78, 5) is 11.1. The molecule has 0 aromatic heterocycles. The molecule has 0 bridgehead atoms. The van der Waals surface area contributed by atoms with Crippen LogP contribution in [0.5, 0.6) is 0 Å². The second-order valence-electron chi connectivity index (χ2n) is 3.38. The zero-order chi connectivity index (χ0) is 11.1. The van der Waals surface area contributed by atoms with E-state index in [1.807, 2.05) is 11.9 Å². The van der Waals surface area contributed by atoms with Crippen molar-refractivity contribution in [2.24, 2.45) is 5.10 Å². The van der Waals surface area contributed by atoms with E-state index in [2.05, 4.69) is 5.10 Å². The van der Waals surface area contributed by atoms with Crippen molar-refractivity contribution < 1.29 is 14.3 Å². The lowest BCUT2D eigenvalue weighted by Crippen LogP contribution is -2.33. The van der Waals surface area contributed by atoms with Crippen molar-refractivity contribution in [3.63, 3.8) is 0 Å². The van der Waals surface area contributed by atoms with Crippen LogP contribution in [0.4, 0.5) is 0 Å². The maximum Gasteiger partial charge on any atom is 0.311 e. The number of esters is 1. The van der Waals surface area contributed by atoms with Crippen LogP contribution in [0.2, 0.25) is 0 Å². The maximum atomic E-state index is 11.1. The van der Waals surface area contributed by atoms with Gasteiger partial charge in [0.1, 0.15) is 0 Å². The van der Waals surface area contributed by atoms with Crippen molar-refractivity contribution in [1.82, 2.24) is 5.01 Å². The molecule has 0 saturated carbocycles. The molecule has 1 aliphatic rings. The van der Waals surface area contributed by atoms with E-state index in [1.165, 1.54) is 0 Å². The summed E-state index contributed by atoms with van der Waals surface area (Å²) in [6.07, 6.45) is 0.269. The second-order valence-corrected chi connectivity index (χ2v) is 3.38. The Bertz CT molecular complexity index is 235. The van der Waals surface area contributed by atoms with Gasteiger partial charge in [-0.15, -0.1) is 0 Å². The van der Waals surface area contributed by atoms with Crippen molar-refractivity contribution in [3.8, 4) is 0 Å². The number of morpholine rings is 1. The topological polar surface area (TPSA) is 51.1 Å². The molecule has 1 aliphatic heterocycles. The van der Waals surface area contributed by atoms with E-state index in [0.29, 0.717) is 19.8 Å². The molecule has 0 unspecified atom stereocenters. The van der Waals surface area contributed by atoms with Gasteiger partial charge >= 0.3 is 5.97 Å². The minimum atomic E-state index is -0.216. The van der Waals surface area contributed by atoms with Gasteiger partial charge in [-0.1, -0.05) is 0 Å². The van der Waals surface area contributed by atoms with Crippen LogP contribution in [-0.2, 0) is 14.3 Å². The van der Waals surface area contributed by atoms with E-state index in [9.17, 15) is 4.79 Å². The smallest absolute Gasteiger partial charge is 0.311 e. The first-order valence-electron chi connectivity index (χ1n) is 5.24. The number of rotatable bonds is 4. The van der Waals surface area contributed by atoms with E-state index in [4.69, 9.17) is 9.47 Å². The average molecular weight is 214 g/mol. The molecule has 0 atom stereocenters. The van der Waals surface area contributed by atoms with Crippen LogP contribution in [0.1, 0.15) is 20.3 Å². The molecule has 0 N–H and O–H groups in total. The molecule has 0 radical (unpaired) electrons. The van der Waals surface area contributed by atoms with Crippen molar-refractivity contribution in [2.75, 3.05) is 32.9 Å². The molecule has 0 spiro atoms. The average Bonchev–Trinajstić information content (AvgIpc) is 2.19. The summed E-state index contributed by atoms with van der Waals surface area (Å²) in [5, 5.41) is 6.26. The highest BCUT2D eigenvalue weighted by molar-refractivity contribution is 5.97. The molecular weight excluding hydrogens is 196 g/mol. The first-order chi connectivity index (χ1) is 7.22. The van der Waals surface area contributed by atoms with Crippen LogP contribution in [0, 0.1) is 0 Å². The summed E-state index contributed by atoms with van der Waals surface area (Å²) >= 11 is 0.